The molecule has 0 spiro atoms. The highest BCUT2D eigenvalue weighted by atomic mass is 16.5. The molecule has 126 valence electrons. The molecule has 7 heteroatoms. The molecular weight excluding hydrogens is 308 g/mol. The second-order valence-electron chi connectivity index (χ2n) is 5.96. The van der Waals surface area contributed by atoms with Crippen LogP contribution in [0.1, 0.15) is 48.2 Å². The molecule has 2 aromatic rings. The minimum atomic E-state index is -0.294. The van der Waals surface area contributed by atoms with Gasteiger partial charge in [0.25, 0.3) is 5.56 Å². The van der Waals surface area contributed by atoms with Crippen LogP contribution in [0.5, 0.6) is 0 Å². The Labute approximate surface area is 139 Å². The van der Waals surface area contributed by atoms with Crippen molar-refractivity contribution in [3.05, 3.63) is 45.9 Å². The molecule has 0 radical (unpaired) electrons. The monoisotopic (exact) mass is 328 g/mol. The Morgan fingerprint density at radius 3 is 2.54 bits per heavy atom. The van der Waals surface area contributed by atoms with Gasteiger partial charge in [0.1, 0.15) is 11.8 Å². The van der Waals surface area contributed by atoms with Crippen molar-refractivity contribution >= 4 is 17.6 Å². The average Bonchev–Trinajstić information content (AvgIpc) is 2.60. The lowest BCUT2D eigenvalue weighted by Crippen LogP contribution is -2.20. The Morgan fingerprint density at radius 2 is 1.88 bits per heavy atom. The van der Waals surface area contributed by atoms with Gasteiger partial charge in [0.2, 0.25) is 5.95 Å². The van der Waals surface area contributed by atoms with Gasteiger partial charge in [0.15, 0.2) is 0 Å². The van der Waals surface area contributed by atoms with Crippen molar-refractivity contribution in [1.82, 2.24) is 15.2 Å². The van der Waals surface area contributed by atoms with Gasteiger partial charge in [-0.2, -0.15) is 0 Å². The maximum absolute atomic E-state index is 12.2. The molecule has 3 rings (SSSR count). The second-order valence-corrected chi connectivity index (χ2v) is 5.96. The lowest BCUT2D eigenvalue weighted by molar-refractivity contribution is 0.0211. The zero-order valence-corrected chi connectivity index (χ0v) is 13.5. The molecule has 0 amide bonds. The van der Waals surface area contributed by atoms with Crippen molar-refractivity contribution < 1.29 is 9.53 Å². The van der Waals surface area contributed by atoms with Crippen molar-refractivity contribution in [2.24, 2.45) is 0 Å². The van der Waals surface area contributed by atoms with Crippen LogP contribution in [-0.2, 0) is 4.74 Å². The molecule has 1 aliphatic rings. The molecular formula is C17H20N4O3. The van der Waals surface area contributed by atoms with Crippen molar-refractivity contribution in [3.8, 4) is 0 Å². The first-order valence-corrected chi connectivity index (χ1v) is 8.13. The number of aromatic nitrogens is 3. The molecule has 0 aliphatic heterocycles. The highest BCUT2D eigenvalue weighted by Crippen LogP contribution is 2.22. The van der Waals surface area contributed by atoms with E-state index in [1.807, 2.05) is 0 Å². The first-order chi connectivity index (χ1) is 11.6. The lowest BCUT2D eigenvalue weighted by atomic mass is 9.98. The Kier molecular flexibility index (Phi) is 4.88. The van der Waals surface area contributed by atoms with Crippen LogP contribution in [0.2, 0.25) is 0 Å². The van der Waals surface area contributed by atoms with Gasteiger partial charge in [-0.1, -0.05) is 6.42 Å². The van der Waals surface area contributed by atoms with Crippen LogP contribution in [0.3, 0.4) is 0 Å². The maximum Gasteiger partial charge on any atom is 0.338 e. The average molecular weight is 328 g/mol. The van der Waals surface area contributed by atoms with Crippen molar-refractivity contribution in [2.75, 3.05) is 5.32 Å². The third-order valence-corrected chi connectivity index (χ3v) is 4.07. The van der Waals surface area contributed by atoms with E-state index < -0.39 is 0 Å². The summed E-state index contributed by atoms with van der Waals surface area (Å²) in [6, 6.07) is 6.84. The molecule has 2 N–H and O–H groups in total. The molecule has 1 aliphatic carbocycles. The Morgan fingerprint density at radius 1 is 1.17 bits per heavy atom. The van der Waals surface area contributed by atoms with Gasteiger partial charge in [-0.05, 0) is 56.9 Å². The molecule has 0 bridgehead atoms. The maximum atomic E-state index is 12.2. The van der Waals surface area contributed by atoms with Gasteiger partial charge in [0.05, 0.1) is 5.56 Å². The van der Waals surface area contributed by atoms with Crippen molar-refractivity contribution in [1.29, 1.82) is 0 Å². The number of H-pyrrole nitrogens is 1. The number of aromatic amines is 1. The number of nitrogens with zero attached hydrogens (tertiary/aromatic N) is 2. The Hall–Kier alpha value is -2.70. The fraction of sp³-hybridized carbons (Fsp3) is 0.412. The van der Waals surface area contributed by atoms with Gasteiger partial charge in [-0.25, -0.2) is 4.79 Å². The van der Waals surface area contributed by atoms with Crippen LogP contribution in [-0.4, -0.2) is 27.3 Å². The van der Waals surface area contributed by atoms with E-state index in [2.05, 4.69) is 20.5 Å². The van der Waals surface area contributed by atoms with E-state index in [1.54, 1.807) is 31.2 Å². The normalized spacial score (nSPS) is 15.0. The molecule has 0 atom stereocenters. The summed E-state index contributed by atoms with van der Waals surface area (Å²) in [5, 5.41) is 10.6. The minimum absolute atomic E-state index is 0.0389. The first kappa shape index (κ1) is 16.2. The van der Waals surface area contributed by atoms with Crippen LogP contribution < -0.4 is 10.9 Å². The summed E-state index contributed by atoms with van der Waals surface area (Å²) in [5.41, 5.74) is 1.22. The molecule has 0 saturated heterocycles. The summed E-state index contributed by atoms with van der Waals surface area (Å²) in [6.07, 6.45) is 5.40. The van der Waals surface area contributed by atoms with E-state index in [0.29, 0.717) is 16.9 Å². The lowest BCUT2D eigenvalue weighted by Gasteiger charge is -2.21. The van der Waals surface area contributed by atoms with Gasteiger partial charge >= 0.3 is 5.97 Å². The SMILES string of the molecule is Cc1nnc(Nc2ccc(C(=O)OC3CCCCC3)cc2)[nH]c1=O. The van der Waals surface area contributed by atoms with E-state index in [0.717, 1.165) is 25.7 Å². The quantitative estimate of drug-likeness (QED) is 0.838. The van der Waals surface area contributed by atoms with E-state index >= 15 is 0 Å². The summed E-state index contributed by atoms with van der Waals surface area (Å²) in [5.74, 6) is -0.0416. The standard InChI is InChI=1S/C17H20N4O3/c1-11-15(22)19-17(21-20-11)18-13-9-7-12(8-10-13)16(23)24-14-5-3-2-4-6-14/h7-10,14H,2-6H2,1H3,(H2,18,19,21,22). The number of hydrogen-bond donors (Lipinski definition) is 2. The zero-order valence-electron chi connectivity index (χ0n) is 13.5. The van der Waals surface area contributed by atoms with Gasteiger partial charge in [-0.15, -0.1) is 10.2 Å². The highest BCUT2D eigenvalue weighted by molar-refractivity contribution is 5.90. The second kappa shape index (κ2) is 7.25. The number of nitrogens with one attached hydrogen (secondary N) is 2. The van der Waals surface area contributed by atoms with E-state index in [4.69, 9.17) is 4.74 Å². The summed E-state index contributed by atoms with van der Waals surface area (Å²) < 4.78 is 5.54. The van der Waals surface area contributed by atoms with Crippen molar-refractivity contribution in [3.63, 3.8) is 0 Å². The highest BCUT2D eigenvalue weighted by Gasteiger charge is 2.18. The van der Waals surface area contributed by atoms with Crippen LogP contribution in [0.4, 0.5) is 11.6 Å². The number of esters is 1. The number of carbonyl (C=O) groups is 1. The third-order valence-electron chi connectivity index (χ3n) is 4.07. The van der Waals surface area contributed by atoms with Crippen LogP contribution in [0, 0.1) is 6.92 Å². The topological polar surface area (TPSA) is 97.0 Å². The Balaban J connectivity index is 1.62. The third kappa shape index (κ3) is 3.98. The molecule has 24 heavy (non-hydrogen) atoms. The van der Waals surface area contributed by atoms with Gasteiger partial charge < -0.3 is 10.1 Å². The predicted octanol–water partition coefficient (Wildman–Crippen LogP) is 2.71. The Bertz CT molecular complexity index is 764. The molecule has 1 saturated carbocycles. The zero-order chi connectivity index (χ0) is 16.9. The molecule has 1 aromatic heterocycles. The largest absolute Gasteiger partial charge is 0.459 e. The van der Waals surface area contributed by atoms with E-state index in [9.17, 15) is 9.59 Å². The van der Waals surface area contributed by atoms with E-state index in [-0.39, 0.29) is 23.6 Å². The number of aryl methyl sites for hydroxylation is 1. The van der Waals surface area contributed by atoms with Gasteiger partial charge in [-0.3, -0.25) is 9.78 Å². The molecule has 1 heterocycles. The molecule has 1 fully saturated rings. The summed E-state index contributed by atoms with van der Waals surface area (Å²) in [7, 11) is 0. The molecule has 0 unspecified atom stereocenters. The van der Waals surface area contributed by atoms with Crippen molar-refractivity contribution in [2.45, 2.75) is 45.1 Å². The first-order valence-electron chi connectivity index (χ1n) is 8.13. The molecule has 1 aromatic carbocycles. The summed E-state index contributed by atoms with van der Waals surface area (Å²) in [6.45, 7) is 1.59. The predicted molar refractivity (Wildman–Crippen MR) is 89.4 cm³/mol. The number of ether oxygens (including phenoxy) is 1. The van der Waals surface area contributed by atoms with Gasteiger partial charge in [0, 0.05) is 5.69 Å². The number of anilines is 2. The summed E-state index contributed by atoms with van der Waals surface area (Å²) >= 11 is 0. The minimum Gasteiger partial charge on any atom is -0.459 e. The van der Waals surface area contributed by atoms with Crippen LogP contribution in [0.15, 0.2) is 29.1 Å². The number of rotatable bonds is 4. The number of carbonyl (C=O) groups excluding carboxylic acids is 1. The number of hydrogen-bond acceptors (Lipinski definition) is 6. The summed E-state index contributed by atoms with van der Waals surface area (Å²) in [4.78, 5) is 26.2. The fourth-order valence-electron chi connectivity index (χ4n) is 2.68. The van der Waals surface area contributed by atoms with Crippen LogP contribution >= 0.6 is 0 Å². The molecule has 7 nitrogen and oxygen atoms in total. The van der Waals surface area contributed by atoms with E-state index in [1.165, 1.54) is 6.42 Å². The smallest absolute Gasteiger partial charge is 0.338 e. The number of benzene rings is 1. The van der Waals surface area contributed by atoms with Crippen LogP contribution in [0.25, 0.3) is 0 Å². The fourth-order valence-corrected chi connectivity index (χ4v) is 2.68.